The molecule has 1 aromatic rings. The van der Waals surface area contributed by atoms with Crippen molar-refractivity contribution in [1.29, 1.82) is 0 Å². The number of carboxylic acid groups (broad SMARTS) is 1. The number of nitrogens with one attached hydrogen (secondary N) is 1. The maximum atomic E-state index is 10.9. The Morgan fingerprint density at radius 2 is 2.00 bits per heavy atom. The van der Waals surface area contributed by atoms with E-state index < -0.39 is 6.09 Å². The third-order valence-corrected chi connectivity index (χ3v) is 2.38. The van der Waals surface area contributed by atoms with Gasteiger partial charge in [0.15, 0.2) is 0 Å². The summed E-state index contributed by atoms with van der Waals surface area (Å²) in [7, 11) is 0. The van der Waals surface area contributed by atoms with E-state index in [1.54, 1.807) is 0 Å². The van der Waals surface area contributed by atoms with Crippen molar-refractivity contribution in [3.05, 3.63) is 35.9 Å². The molecule has 0 saturated carbocycles. The van der Waals surface area contributed by atoms with Crippen LogP contribution in [0.3, 0.4) is 0 Å². The molecule has 0 aromatic heterocycles. The Bertz CT molecular complexity index is 330. The van der Waals surface area contributed by atoms with Gasteiger partial charge in [0.2, 0.25) is 0 Å². The van der Waals surface area contributed by atoms with Crippen molar-refractivity contribution >= 4 is 6.09 Å². The lowest BCUT2D eigenvalue weighted by Crippen LogP contribution is -2.42. The molecule has 0 atom stereocenters. The number of hydrazine groups is 1. The zero-order valence-electron chi connectivity index (χ0n) is 9.80. The molecular weight excluding hydrogens is 218 g/mol. The van der Waals surface area contributed by atoms with Crippen molar-refractivity contribution in [2.75, 3.05) is 13.1 Å². The monoisotopic (exact) mass is 237 g/mol. The molecule has 0 fully saturated rings. The molecule has 5 nitrogen and oxygen atoms in total. The van der Waals surface area contributed by atoms with Gasteiger partial charge >= 0.3 is 6.09 Å². The average molecular weight is 237 g/mol. The Balaban J connectivity index is 2.36. The van der Waals surface area contributed by atoms with E-state index in [0.717, 1.165) is 18.4 Å². The molecule has 1 aromatic carbocycles. The minimum Gasteiger partial charge on any atom is -0.464 e. The number of hydrogen-bond acceptors (Lipinski definition) is 3. The van der Waals surface area contributed by atoms with Crippen LogP contribution in [0, 0.1) is 0 Å². The number of rotatable bonds is 7. The Hall–Kier alpha value is -1.59. The van der Waals surface area contributed by atoms with E-state index in [9.17, 15) is 4.79 Å². The van der Waals surface area contributed by atoms with Crippen molar-refractivity contribution < 1.29 is 9.90 Å². The smallest absolute Gasteiger partial charge is 0.421 e. The van der Waals surface area contributed by atoms with Crippen molar-refractivity contribution in [1.82, 2.24) is 10.4 Å². The Morgan fingerprint density at radius 3 is 2.59 bits per heavy atom. The number of benzene rings is 1. The minimum atomic E-state index is -0.960. The van der Waals surface area contributed by atoms with E-state index in [1.165, 1.54) is 5.01 Å². The first kappa shape index (κ1) is 13.5. The van der Waals surface area contributed by atoms with Gasteiger partial charge in [-0.1, -0.05) is 30.3 Å². The largest absolute Gasteiger partial charge is 0.464 e. The van der Waals surface area contributed by atoms with Crippen molar-refractivity contribution in [2.45, 2.75) is 19.4 Å². The summed E-state index contributed by atoms with van der Waals surface area (Å²) in [5.74, 6) is 0. The van der Waals surface area contributed by atoms with Crippen LogP contribution in [-0.2, 0) is 6.54 Å². The first-order valence-corrected chi connectivity index (χ1v) is 5.72. The molecule has 0 aliphatic rings. The van der Waals surface area contributed by atoms with Gasteiger partial charge in [-0.15, -0.1) is 0 Å². The Morgan fingerprint density at radius 1 is 1.29 bits per heavy atom. The molecule has 0 bridgehead atoms. The average Bonchev–Trinajstić information content (AvgIpc) is 2.34. The molecule has 0 heterocycles. The number of nitrogens with zero attached hydrogens (tertiary/aromatic N) is 1. The van der Waals surface area contributed by atoms with E-state index in [-0.39, 0.29) is 0 Å². The number of amides is 1. The van der Waals surface area contributed by atoms with Crippen LogP contribution in [0.25, 0.3) is 0 Å². The summed E-state index contributed by atoms with van der Waals surface area (Å²) in [5.41, 5.74) is 9.31. The third kappa shape index (κ3) is 5.33. The lowest BCUT2D eigenvalue weighted by molar-refractivity contribution is 0.117. The summed E-state index contributed by atoms with van der Waals surface area (Å²) < 4.78 is 0. The highest BCUT2D eigenvalue weighted by Gasteiger charge is 2.09. The van der Waals surface area contributed by atoms with Crippen LogP contribution in [-0.4, -0.2) is 29.3 Å². The number of carbonyl (C=O) groups is 1. The summed E-state index contributed by atoms with van der Waals surface area (Å²) in [4.78, 5) is 10.9. The van der Waals surface area contributed by atoms with Crippen LogP contribution in [0.4, 0.5) is 4.79 Å². The van der Waals surface area contributed by atoms with Gasteiger partial charge in [-0.2, -0.15) is 0 Å². The van der Waals surface area contributed by atoms with Gasteiger partial charge in [0.25, 0.3) is 0 Å². The fraction of sp³-hybridized carbons (Fsp3) is 0.417. The number of hydrogen-bond donors (Lipinski definition) is 3. The highest BCUT2D eigenvalue weighted by Crippen LogP contribution is 1.99. The molecule has 1 amide bonds. The van der Waals surface area contributed by atoms with Gasteiger partial charge in [0, 0.05) is 13.1 Å². The van der Waals surface area contributed by atoms with E-state index in [0.29, 0.717) is 19.6 Å². The van der Waals surface area contributed by atoms with Gasteiger partial charge in [0.05, 0.1) is 0 Å². The molecule has 5 heteroatoms. The predicted molar refractivity (Wildman–Crippen MR) is 66.3 cm³/mol. The molecule has 17 heavy (non-hydrogen) atoms. The molecule has 94 valence electrons. The first-order chi connectivity index (χ1) is 8.24. The van der Waals surface area contributed by atoms with Crippen molar-refractivity contribution in [3.8, 4) is 0 Å². The van der Waals surface area contributed by atoms with Gasteiger partial charge < -0.3 is 10.8 Å². The standard InChI is InChI=1S/C12H19N3O2/c13-8-4-5-9-15(12(16)17)14-10-11-6-2-1-3-7-11/h1-3,6-7,14H,4-5,8-10,13H2,(H,16,17). The van der Waals surface area contributed by atoms with Gasteiger partial charge in [-0.05, 0) is 24.9 Å². The van der Waals surface area contributed by atoms with Crippen LogP contribution >= 0.6 is 0 Å². The molecule has 0 spiro atoms. The molecule has 0 aliphatic carbocycles. The van der Waals surface area contributed by atoms with Crippen LogP contribution in [0.15, 0.2) is 30.3 Å². The second kappa shape index (κ2) is 7.65. The second-order valence-corrected chi connectivity index (χ2v) is 3.75. The van der Waals surface area contributed by atoms with E-state index >= 15 is 0 Å². The lowest BCUT2D eigenvalue weighted by atomic mass is 10.2. The maximum Gasteiger partial charge on any atom is 0.421 e. The van der Waals surface area contributed by atoms with Gasteiger partial charge in [-0.25, -0.2) is 15.2 Å². The number of unbranched alkanes of at least 4 members (excludes halogenated alkanes) is 1. The molecule has 1 rings (SSSR count). The summed E-state index contributed by atoms with van der Waals surface area (Å²) in [6, 6.07) is 9.69. The van der Waals surface area contributed by atoms with Crippen LogP contribution in [0.1, 0.15) is 18.4 Å². The Kier molecular flexibility index (Phi) is 6.06. The molecule has 4 N–H and O–H groups in total. The first-order valence-electron chi connectivity index (χ1n) is 5.72. The van der Waals surface area contributed by atoms with Crippen LogP contribution in [0.2, 0.25) is 0 Å². The second-order valence-electron chi connectivity index (χ2n) is 3.75. The van der Waals surface area contributed by atoms with Crippen LogP contribution in [0.5, 0.6) is 0 Å². The topological polar surface area (TPSA) is 78.6 Å². The minimum absolute atomic E-state index is 0.458. The molecular formula is C12H19N3O2. The zero-order valence-corrected chi connectivity index (χ0v) is 9.80. The van der Waals surface area contributed by atoms with E-state index in [4.69, 9.17) is 10.8 Å². The maximum absolute atomic E-state index is 10.9. The quantitative estimate of drug-likeness (QED) is 0.495. The van der Waals surface area contributed by atoms with Gasteiger partial charge in [-0.3, -0.25) is 0 Å². The fourth-order valence-corrected chi connectivity index (χ4v) is 1.44. The SMILES string of the molecule is NCCCCN(NCc1ccccc1)C(=O)O. The highest BCUT2D eigenvalue weighted by atomic mass is 16.4. The molecule has 0 saturated heterocycles. The fourth-order valence-electron chi connectivity index (χ4n) is 1.44. The summed E-state index contributed by atoms with van der Waals surface area (Å²) in [6.07, 6.45) is 0.638. The molecule has 0 radical (unpaired) electrons. The lowest BCUT2D eigenvalue weighted by Gasteiger charge is -2.20. The predicted octanol–water partition coefficient (Wildman–Crippen LogP) is 1.41. The summed E-state index contributed by atoms with van der Waals surface area (Å²) >= 11 is 0. The molecule has 0 aliphatic heterocycles. The van der Waals surface area contributed by atoms with Crippen LogP contribution < -0.4 is 11.2 Å². The third-order valence-electron chi connectivity index (χ3n) is 2.38. The van der Waals surface area contributed by atoms with E-state index in [2.05, 4.69) is 5.43 Å². The van der Waals surface area contributed by atoms with Crippen molar-refractivity contribution in [2.24, 2.45) is 5.73 Å². The van der Waals surface area contributed by atoms with Gasteiger partial charge in [0.1, 0.15) is 0 Å². The Labute approximate surface area is 101 Å². The molecule has 0 unspecified atom stereocenters. The highest BCUT2D eigenvalue weighted by molar-refractivity contribution is 5.64. The van der Waals surface area contributed by atoms with E-state index in [1.807, 2.05) is 30.3 Å². The summed E-state index contributed by atoms with van der Waals surface area (Å²) in [5, 5.41) is 10.2. The normalized spacial score (nSPS) is 10.2. The summed E-state index contributed by atoms with van der Waals surface area (Å²) in [6.45, 7) is 1.56. The van der Waals surface area contributed by atoms with Crippen molar-refractivity contribution in [3.63, 3.8) is 0 Å². The zero-order chi connectivity index (χ0) is 12.5. The number of nitrogens with two attached hydrogens (primary N) is 1.